The van der Waals surface area contributed by atoms with Gasteiger partial charge in [-0.1, -0.05) is 59.9 Å². The molecule has 1 heterocycles. The molecule has 29 heavy (non-hydrogen) atoms. The molecular formula is C21H20BrCl2N3O2. The van der Waals surface area contributed by atoms with E-state index in [4.69, 9.17) is 27.9 Å². The van der Waals surface area contributed by atoms with Crippen molar-refractivity contribution in [1.29, 1.82) is 0 Å². The number of aromatic nitrogens is 2. The van der Waals surface area contributed by atoms with Crippen molar-refractivity contribution >= 4 is 56.2 Å². The smallest absolute Gasteiger partial charge is 0.282 e. The normalized spacial score (nSPS) is 12.1. The molecule has 0 fully saturated rings. The summed E-state index contributed by atoms with van der Waals surface area (Å²) in [6.45, 7) is 8.39. The second kappa shape index (κ2) is 8.46. The Bertz CT molecular complexity index is 1140. The topological polar surface area (TPSA) is 56.5 Å². The van der Waals surface area contributed by atoms with Gasteiger partial charge in [-0.25, -0.2) is 4.98 Å². The summed E-state index contributed by atoms with van der Waals surface area (Å²) in [5.74, 6) is 0.911. The predicted octanol–water partition coefficient (Wildman–Crippen LogP) is 6.08. The van der Waals surface area contributed by atoms with Crippen LogP contribution in [0.1, 0.15) is 32.2 Å². The Hall–Kier alpha value is -1.89. The van der Waals surface area contributed by atoms with E-state index in [-0.39, 0.29) is 11.0 Å². The minimum atomic E-state index is -0.257. The molecule has 0 aliphatic rings. The van der Waals surface area contributed by atoms with Gasteiger partial charge in [-0.2, -0.15) is 9.78 Å². The molecule has 5 nitrogen and oxygen atoms in total. The van der Waals surface area contributed by atoms with Crippen LogP contribution in [0, 0.1) is 12.3 Å². The fourth-order valence-electron chi connectivity index (χ4n) is 2.60. The average Bonchev–Trinajstić information content (AvgIpc) is 2.60. The molecule has 0 bridgehead atoms. The van der Waals surface area contributed by atoms with E-state index in [2.05, 4.69) is 46.8 Å². The maximum Gasteiger partial charge on any atom is 0.282 e. The van der Waals surface area contributed by atoms with Gasteiger partial charge in [0, 0.05) is 4.47 Å². The monoisotopic (exact) mass is 495 g/mol. The third-order valence-electron chi connectivity index (χ3n) is 3.96. The largest absolute Gasteiger partial charge is 0.490 e. The van der Waals surface area contributed by atoms with Gasteiger partial charge in [0.2, 0.25) is 0 Å². The Balaban J connectivity index is 1.95. The molecule has 0 aliphatic carbocycles. The van der Waals surface area contributed by atoms with Gasteiger partial charge in [0.1, 0.15) is 5.82 Å². The van der Waals surface area contributed by atoms with E-state index < -0.39 is 0 Å². The number of hydrogen-bond donors (Lipinski definition) is 0. The molecule has 2 aromatic carbocycles. The van der Waals surface area contributed by atoms with Crippen LogP contribution in [0.25, 0.3) is 10.9 Å². The summed E-state index contributed by atoms with van der Waals surface area (Å²) in [5, 5.41) is 5.54. The summed E-state index contributed by atoms with van der Waals surface area (Å²) in [6, 6.07) is 8.75. The first-order valence-corrected chi connectivity index (χ1v) is 10.5. The number of rotatable bonds is 4. The summed E-state index contributed by atoms with van der Waals surface area (Å²) in [6.07, 6.45) is 1.52. The van der Waals surface area contributed by atoms with Crippen molar-refractivity contribution in [1.82, 2.24) is 9.66 Å². The summed E-state index contributed by atoms with van der Waals surface area (Å²) in [7, 11) is 0. The molecule has 0 atom stereocenters. The van der Waals surface area contributed by atoms with Gasteiger partial charge in [0.05, 0.1) is 33.8 Å². The first-order valence-electron chi connectivity index (χ1n) is 8.90. The number of fused-ring (bicyclic) bond motifs is 1. The van der Waals surface area contributed by atoms with Crippen molar-refractivity contribution in [2.75, 3.05) is 6.61 Å². The maximum atomic E-state index is 12.8. The molecule has 0 saturated heterocycles. The van der Waals surface area contributed by atoms with E-state index in [9.17, 15) is 4.79 Å². The lowest BCUT2D eigenvalue weighted by Crippen LogP contribution is -2.20. The predicted molar refractivity (Wildman–Crippen MR) is 123 cm³/mol. The summed E-state index contributed by atoms with van der Waals surface area (Å²) in [4.78, 5) is 17.2. The third kappa shape index (κ3) is 5.18. The molecule has 0 radical (unpaired) electrons. The van der Waals surface area contributed by atoms with Crippen LogP contribution in [-0.2, 0) is 0 Å². The second-order valence-electron chi connectivity index (χ2n) is 7.85. The summed E-state index contributed by atoms with van der Waals surface area (Å²) >= 11 is 16.1. The number of hydrogen-bond acceptors (Lipinski definition) is 4. The van der Waals surface area contributed by atoms with E-state index in [0.29, 0.717) is 44.7 Å². The fourth-order valence-corrected chi connectivity index (χ4v) is 3.57. The number of benzene rings is 2. The second-order valence-corrected chi connectivity index (χ2v) is 9.58. The zero-order valence-corrected chi connectivity index (χ0v) is 19.6. The van der Waals surface area contributed by atoms with E-state index >= 15 is 0 Å². The lowest BCUT2D eigenvalue weighted by atomic mass is 9.99. The lowest BCUT2D eigenvalue weighted by Gasteiger charge is -2.20. The molecule has 1 aromatic heterocycles. The highest BCUT2D eigenvalue weighted by Gasteiger charge is 2.15. The molecule has 3 aromatic rings. The van der Waals surface area contributed by atoms with Crippen LogP contribution in [0.4, 0.5) is 0 Å². The van der Waals surface area contributed by atoms with E-state index in [1.165, 1.54) is 10.9 Å². The minimum Gasteiger partial charge on any atom is -0.490 e. The number of ether oxygens (including phenoxy) is 1. The number of halogens is 3. The first-order chi connectivity index (χ1) is 13.5. The number of nitrogens with zero attached hydrogens (tertiary/aromatic N) is 3. The highest BCUT2D eigenvalue weighted by molar-refractivity contribution is 9.10. The Kier molecular flexibility index (Phi) is 6.36. The van der Waals surface area contributed by atoms with Crippen LogP contribution in [0.5, 0.6) is 5.75 Å². The molecule has 0 N–H and O–H groups in total. The Labute approximate surface area is 187 Å². The fraction of sp³-hybridized carbons (Fsp3) is 0.286. The molecule has 0 unspecified atom stereocenters. The van der Waals surface area contributed by atoms with E-state index in [0.717, 1.165) is 4.47 Å². The molecule has 3 rings (SSSR count). The van der Waals surface area contributed by atoms with Crippen LogP contribution in [0.3, 0.4) is 0 Å². The van der Waals surface area contributed by atoms with Gasteiger partial charge in [-0.05, 0) is 48.2 Å². The molecule has 152 valence electrons. The third-order valence-corrected chi connectivity index (χ3v) is 5.02. The molecule has 0 saturated carbocycles. The zero-order chi connectivity index (χ0) is 21.3. The highest BCUT2D eigenvalue weighted by Crippen LogP contribution is 2.35. The van der Waals surface area contributed by atoms with Crippen molar-refractivity contribution < 1.29 is 4.74 Å². The van der Waals surface area contributed by atoms with E-state index in [1.807, 2.05) is 6.07 Å². The van der Waals surface area contributed by atoms with Crippen molar-refractivity contribution in [3.63, 3.8) is 0 Å². The van der Waals surface area contributed by atoms with E-state index in [1.54, 1.807) is 31.2 Å². The summed E-state index contributed by atoms with van der Waals surface area (Å²) < 4.78 is 7.82. The van der Waals surface area contributed by atoms with Crippen LogP contribution in [0.2, 0.25) is 10.0 Å². The van der Waals surface area contributed by atoms with Gasteiger partial charge in [-0.3, -0.25) is 4.79 Å². The highest BCUT2D eigenvalue weighted by atomic mass is 79.9. The Morgan fingerprint density at radius 3 is 2.48 bits per heavy atom. The molecule has 0 amide bonds. The average molecular weight is 497 g/mol. The van der Waals surface area contributed by atoms with Gasteiger partial charge in [0.15, 0.2) is 5.75 Å². The number of aryl methyl sites for hydroxylation is 1. The van der Waals surface area contributed by atoms with Crippen LogP contribution < -0.4 is 10.3 Å². The SMILES string of the molecule is Cc1nc2ccc(Br)cc2c(=O)n1N=Cc1cc(Cl)c(OCC(C)(C)C)c(Cl)c1. The Morgan fingerprint density at radius 1 is 1.21 bits per heavy atom. The van der Waals surface area contributed by atoms with Gasteiger partial charge in [0.25, 0.3) is 5.56 Å². The molecule has 8 heteroatoms. The minimum absolute atomic E-state index is 0.0242. The van der Waals surface area contributed by atoms with Gasteiger partial charge in [-0.15, -0.1) is 0 Å². The van der Waals surface area contributed by atoms with Gasteiger partial charge < -0.3 is 4.74 Å². The van der Waals surface area contributed by atoms with Crippen LogP contribution in [-0.4, -0.2) is 22.5 Å². The van der Waals surface area contributed by atoms with Crippen LogP contribution in [0.15, 0.2) is 44.7 Å². The Morgan fingerprint density at radius 2 is 1.86 bits per heavy atom. The van der Waals surface area contributed by atoms with Crippen molar-refractivity contribution in [2.45, 2.75) is 27.7 Å². The first kappa shape index (κ1) is 21.8. The molecule has 0 spiro atoms. The molecular weight excluding hydrogens is 477 g/mol. The molecule has 0 aliphatic heterocycles. The zero-order valence-electron chi connectivity index (χ0n) is 16.5. The standard InChI is InChI=1S/C21H20BrCl2N3O2/c1-12-26-18-6-5-14(22)9-15(18)20(28)27(12)25-10-13-7-16(23)19(17(24)8-13)29-11-21(2,3)4/h5-10H,11H2,1-4H3. The van der Waals surface area contributed by atoms with Crippen molar-refractivity contribution in [3.8, 4) is 5.75 Å². The van der Waals surface area contributed by atoms with Gasteiger partial charge >= 0.3 is 0 Å². The lowest BCUT2D eigenvalue weighted by molar-refractivity contribution is 0.198. The quantitative estimate of drug-likeness (QED) is 0.411. The van der Waals surface area contributed by atoms with Crippen LogP contribution >= 0.6 is 39.1 Å². The summed E-state index contributed by atoms with van der Waals surface area (Å²) in [5.41, 5.74) is 0.980. The van der Waals surface area contributed by atoms with Crippen molar-refractivity contribution in [2.24, 2.45) is 10.5 Å². The maximum absolute atomic E-state index is 12.8. The van der Waals surface area contributed by atoms with Crippen molar-refractivity contribution in [3.05, 3.63) is 66.6 Å².